The maximum Gasteiger partial charge on any atom is 0.410 e. The number of likely N-dealkylation sites (tertiary alicyclic amines) is 1. The van der Waals surface area contributed by atoms with Gasteiger partial charge in [-0.1, -0.05) is 29.8 Å². The summed E-state index contributed by atoms with van der Waals surface area (Å²) in [6.07, 6.45) is 1.25. The molecule has 1 heterocycles. The summed E-state index contributed by atoms with van der Waals surface area (Å²) in [6, 6.07) is 7.57. The predicted molar refractivity (Wildman–Crippen MR) is 103 cm³/mol. The molecular weight excluding hydrogens is 352 g/mol. The molecule has 144 valence electrons. The maximum absolute atomic E-state index is 13.0. The monoisotopic (exact) mass is 380 g/mol. The van der Waals surface area contributed by atoms with Crippen LogP contribution in [0, 0.1) is 5.92 Å². The molecule has 1 aromatic carbocycles. The summed E-state index contributed by atoms with van der Waals surface area (Å²) in [7, 11) is 0. The van der Waals surface area contributed by atoms with Gasteiger partial charge in [0.25, 0.3) is 0 Å². The lowest BCUT2D eigenvalue weighted by atomic mass is 9.96. The van der Waals surface area contributed by atoms with Crippen molar-refractivity contribution in [2.24, 2.45) is 5.92 Å². The second-order valence-electron chi connectivity index (χ2n) is 7.71. The van der Waals surface area contributed by atoms with Crippen molar-refractivity contribution in [2.45, 2.75) is 52.7 Å². The van der Waals surface area contributed by atoms with Gasteiger partial charge < -0.3 is 14.5 Å². The highest BCUT2D eigenvalue weighted by Gasteiger charge is 2.32. The lowest BCUT2D eigenvalue weighted by Gasteiger charge is -2.35. The average Bonchev–Trinajstić information content (AvgIpc) is 2.59. The van der Waals surface area contributed by atoms with Crippen LogP contribution in [0.2, 0.25) is 5.02 Å². The van der Waals surface area contributed by atoms with Crippen LogP contribution < -0.4 is 0 Å². The van der Waals surface area contributed by atoms with E-state index in [1.165, 1.54) is 0 Å². The van der Waals surface area contributed by atoms with E-state index in [1.54, 1.807) is 4.90 Å². The van der Waals surface area contributed by atoms with Gasteiger partial charge in [0.2, 0.25) is 5.91 Å². The summed E-state index contributed by atoms with van der Waals surface area (Å²) in [5.41, 5.74) is 0.400. The van der Waals surface area contributed by atoms with Crippen LogP contribution in [0.3, 0.4) is 0 Å². The first-order valence-corrected chi connectivity index (χ1v) is 9.59. The van der Waals surface area contributed by atoms with Crippen molar-refractivity contribution in [1.82, 2.24) is 9.80 Å². The molecule has 6 heteroatoms. The average molecular weight is 381 g/mol. The topological polar surface area (TPSA) is 49.9 Å². The van der Waals surface area contributed by atoms with Crippen molar-refractivity contribution in [1.29, 1.82) is 0 Å². The van der Waals surface area contributed by atoms with Crippen LogP contribution in [0.4, 0.5) is 4.79 Å². The third-order valence-corrected chi connectivity index (χ3v) is 4.80. The van der Waals surface area contributed by atoms with Gasteiger partial charge in [-0.25, -0.2) is 4.79 Å². The van der Waals surface area contributed by atoms with Gasteiger partial charge in [0.1, 0.15) is 5.60 Å². The Labute approximate surface area is 161 Å². The first kappa shape index (κ1) is 20.6. The second-order valence-corrected chi connectivity index (χ2v) is 8.12. The number of rotatable bonds is 4. The number of piperidine rings is 1. The van der Waals surface area contributed by atoms with Crippen LogP contribution in [0.15, 0.2) is 24.3 Å². The summed E-state index contributed by atoms with van der Waals surface area (Å²) in [6.45, 7) is 9.63. The van der Waals surface area contributed by atoms with Crippen molar-refractivity contribution in [3.05, 3.63) is 34.9 Å². The Morgan fingerprint density at radius 2 is 2.00 bits per heavy atom. The molecule has 0 aromatic heterocycles. The molecule has 0 radical (unpaired) electrons. The third kappa shape index (κ3) is 5.63. The molecule has 1 aliphatic heterocycles. The number of benzene rings is 1. The normalized spacial score (nSPS) is 17.7. The number of amides is 2. The largest absolute Gasteiger partial charge is 0.444 e. The molecule has 1 atom stereocenters. The van der Waals surface area contributed by atoms with E-state index in [2.05, 4.69) is 0 Å². The molecule has 2 rings (SSSR count). The zero-order valence-corrected chi connectivity index (χ0v) is 16.9. The van der Waals surface area contributed by atoms with Crippen LogP contribution >= 0.6 is 11.6 Å². The van der Waals surface area contributed by atoms with Crippen LogP contribution in [0.25, 0.3) is 0 Å². The SMILES string of the molecule is CCN(Cc1ccccc1Cl)C(=O)[C@@H]1CCCN(C(=O)OC(C)(C)C)C1. The summed E-state index contributed by atoms with van der Waals surface area (Å²) in [5, 5.41) is 0.665. The van der Waals surface area contributed by atoms with Crippen molar-refractivity contribution in [2.75, 3.05) is 19.6 Å². The Morgan fingerprint density at radius 3 is 2.62 bits per heavy atom. The summed E-state index contributed by atoms with van der Waals surface area (Å²) < 4.78 is 5.45. The molecule has 1 fully saturated rings. The highest BCUT2D eigenvalue weighted by molar-refractivity contribution is 6.31. The third-order valence-electron chi connectivity index (χ3n) is 4.43. The fraction of sp³-hybridized carbons (Fsp3) is 0.600. The molecular formula is C20H29ClN2O3. The molecule has 2 amide bonds. The Kier molecular flexibility index (Phi) is 6.93. The minimum atomic E-state index is -0.534. The van der Waals surface area contributed by atoms with E-state index in [9.17, 15) is 9.59 Å². The maximum atomic E-state index is 13.0. The first-order valence-electron chi connectivity index (χ1n) is 9.21. The molecule has 0 unspecified atom stereocenters. The number of nitrogens with zero attached hydrogens (tertiary/aromatic N) is 2. The fourth-order valence-electron chi connectivity index (χ4n) is 3.11. The molecule has 1 saturated heterocycles. The van der Waals surface area contributed by atoms with Gasteiger partial charge in [0.15, 0.2) is 0 Å². The zero-order chi connectivity index (χ0) is 19.3. The molecule has 0 spiro atoms. The van der Waals surface area contributed by atoms with E-state index in [-0.39, 0.29) is 17.9 Å². The van der Waals surface area contributed by atoms with Gasteiger partial charge in [-0.15, -0.1) is 0 Å². The van der Waals surface area contributed by atoms with E-state index >= 15 is 0 Å². The number of carbonyl (C=O) groups excluding carboxylic acids is 2. The standard InChI is InChI=1S/C20H29ClN2O3/c1-5-22(13-15-9-6-7-11-17(15)21)18(24)16-10-8-12-23(14-16)19(25)26-20(2,3)4/h6-7,9,11,16H,5,8,10,12-14H2,1-4H3/t16-/m1/s1. The van der Waals surface area contributed by atoms with Crippen molar-refractivity contribution >= 4 is 23.6 Å². The highest BCUT2D eigenvalue weighted by Crippen LogP contribution is 2.23. The summed E-state index contributed by atoms with van der Waals surface area (Å²) in [5.74, 6) is -0.126. The van der Waals surface area contributed by atoms with E-state index in [0.717, 1.165) is 18.4 Å². The smallest absolute Gasteiger partial charge is 0.410 e. The Bertz CT molecular complexity index is 642. The number of carbonyl (C=O) groups is 2. The number of halogens is 1. The van der Waals surface area contributed by atoms with Crippen LogP contribution in [-0.2, 0) is 16.1 Å². The fourth-order valence-corrected chi connectivity index (χ4v) is 3.30. The van der Waals surface area contributed by atoms with E-state index in [0.29, 0.717) is 31.2 Å². The number of ether oxygens (including phenoxy) is 1. The van der Waals surface area contributed by atoms with Crippen LogP contribution in [-0.4, -0.2) is 47.0 Å². The van der Waals surface area contributed by atoms with Gasteiger partial charge in [0, 0.05) is 31.2 Å². The van der Waals surface area contributed by atoms with Gasteiger partial charge in [0.05, 0.1) is 5.92 Å². The minimum absolute atomic E-state index is 0.0701. The van der Waals surface area contributed by atoms with Crippen molar-refractivity contribution in [3.63, 3.8) is 0 Å². The molecule has 0 bridgehead atoms. The Hall–Kier alpha value is -1.75. The van der Waals surface area contributed by atoms with Crippen LogP contribution in [0.5, 0.6) is 0 Å². The molecule has 0 N–H and O–H groups in total. The van der Waals surface area contributed by atoms with Gasteiger partial charge >= 0.3 is 6.09 Å². The van der Waals surface area contributed by atoms with E-state index < -0.39 is 5.60 Å². The van der Waals surface area contributed by atoms with Gasteiger partial charge in [-0.2, -0.15) is 0 Å². The molecule has 0 saturated carbocycles. The predicted octanol–water partition coefficient (Wildman–Crippen LogP) is 4.34. The number of hydrogen-bond acceptors (Lipinski definition) is 3. The highest BCUT2D eigenvalue weighted by atomic mass is 35.5. The molecule has 0 aliphatic carbocycles. The Balaban J connectivity index is 2.02. The van der Waals surface area contributed by atoms with E-state index in [1.807, 2.05) is 56.9 Å². The van der Waals surface area contributed by atoms with Crippen LogP contribution in [0.1, 0.15) is 46.1 Å². The lowest BCUT2D eigenvalue weighted by molar-refractivity contribution is -0.137. The molecule has 5 nitrogen and oxygen atoms in total. The molecule has 26 heavy (non-hydrogen) atoms. The second kappa shape index (κ2) is 8.76. The molecule has 1 aromatic rings. The van der Waals surface area contributed by atoms with Gasteiger partial charge in [-0.3, -0.25) is 4.79 Å². The van der Waals surface area contributed by atoms with Crippen molar-refractivity contribution < 1.29 is 14.3 Å². The zero-order valence-electron chi connectivity index (χ0n) is 16.1. The van der Waals surface area contributed by atoms with E-state index in [4.69, 9.17) is 16.3 Å². The minimum Gasteiger partial charge on any atom is -0.444 e. The quantitative estimate of drug-likeness (QED) is 0.780. The van der Waals surface area contributed by atoms with Crippen molar-refractivity contribution in [3.8, 4) is 0 Å². The first-order chi connectivity index (χ1) is 12.2. The lowest BCUT2D eigenvalue weighted by Crippen LogP contribution is -2.47. The summed E-state index contributed by atoms with van der Waals surface area (Å²) >= 11 is 6.23. The Morgan fingerprint density at radius 1 is 1.31 bits per heavy atom. The summed E-state index contributed by atoms with van der Waals surface area (Å²) in [4.78, 5) is 28.8. The molecule has 1 aliphatic rings. The number of hydrogen-bond donors (Lipinski definition) is 0. The van der Waals surface area contributed by atoms with Gasteiger partial charge in [-0.05, 0) is 52.2 Å².